The normalized spacial score (nSPS) is 12.2. The van der Waals surface area contributed by atoms with E-state index in [1.54, 1.807) is 6.20 Å². The highest BCUT2D eigenvalue weighted by Gasteiger charge is 2.16. The molecule has 19 heavy (non-hydrogen) atoms. The molecule has 0 aromatic carbocycles. The van der Waals surface area contributed by atoms with E-state index in [1.807, 2.05) is 16.8 Å². The van der Waals surface area contributed by atoms with E-state index in [0.717, 1.165) is 35.5 Å². The van der Waals surface area contributed by atoms with Crippen molar-refractivity contribution in [2.75, 3.05) is 13.2 Å². The van der Waals surface area contributed by atoms with Crippen LogP contribution in [0.2, 0.25) is 0 Å². The van der Waals surface area contributed by atoms with Crippen LogP contribution in [0.1, 0.15) is 26.0 Å². The molecule has 0 saturated carbocycles. The Morgan fingerprint density at radius 1 is 1.37 bits per heavy atom. The van der Waals surface area contributed by atoms with Crippen molar-refractivity contribution < 1.29 is 5.11 Å². The first-order valence-corrected chi connectivity index (χ1v) is 7.10. The SMILES string of the molecule is CC(C)(CCO)CNCc1cnc2cnc(Br)cn12. The highest BCUT2D eigenvalue weighted by Crippen LogP contribution is 2.18. The fraction of sp³-hybridized carbons (Fsp3) is 0.538. The average molecular weight is 327 g/mol. The Labute approximate surface area is 121 Å². The summed E-state index contributed by atoms with van der Waals surface area (Å²) in [5.74, 6) is 0. The van der Waals surface area contributed by atoms with Gasteiger partial charge in [-0.2, -0.15) is 0 Å². The summed E-state index contributed by atoms with van der Waals surface area (Å²) in [6, 6.07) is 0. The monoisotopic (exact) mass is 326 g/mol. The Balaban J connectivity index is 2.00. The average Bonchev–Trinajstić information content (AvgIpc) is 2.71. The number of nitrogens with one attached hydrogen (secondary N) is 1. The van der Waals surface area contributed by atoms with Gasteiger partial charge in [-0.3, -0.25) is 4.40 Å². The first kappa shape index (κ1) is 14.4. The number of aliphatic hydroxyl groups is 1. The predicted molar refractivity (Wildman–Crippen MR) is 77.9 cm³/mol. The Hall–Kier alpha value is -0.980. The van der Waals surface area contributed by atoms with Gasteiger partial charge in [-0.25, -0.2) is 9.97 Å². The van der Waals surface area contributed by atoms with E-state index in [0.29, 0.717) is 0 Å². The fourth-order valence-corrected chi connectivity index (χ4v) is 2.27. The van der Waals surface area contributed by atoms with Gasteiger partial charge in [0.05, 0.1) is 18.1 Å². The number of hydrogen-bond acceptors (Lipinski definition) is 4. The molecule has 0 aliphatic carbocycles. The van der Waals surface area contributed by atoms with Crippen molar-refractivity contribution >= 4 is 21.6 Å². The van der Waals surface area contributed by atoms with Gasteiger partial charge in [-0.15, -0.1) is 0 Å². The van der Waals surface area contributed by atoms with Gasteiger partial charge in [0, 0.05) is 25.9 Å². The second-order valence-electron chi connectivity index (χ2n) is 5.43. The fourth-order valence-electron chi connectivity index (χ4n) is 1.97. The topological polar surface area (TPSA) is 62.5 Å². The molecule has 2 N–H and O–H groups in total. The maximum Gasteiger partial charge on any atom is 0.155 e. The van der Waals surface area contributed by atoms with Crippen LogP contribution >= 0.6 is 15.9 Å². The van der Waals surface area contributed by atoms with Gasteiger partial charge in [0.2, 0.25) is 0 Å². The number of hydrogen-bond donors (Lipinski definition) is 2. The number of halogens is 1. The lowest BCUT2D eigenvalue weighted by molar-refractivity contribution is 0.207. The molecule has 0 unspecified atom stereocenters. The molecule has 0 radical (unpaired) electrons. The van der Waals surface area contributed by atoms with Crippen LogP contribution < -0.4 is 5.32 Å². The number of imidazole rings is 1. The minimum atomic E-state index is 0.0946. The van der Waals surface area contributed by atoms with Crippen molar-refractivity contribution in [3.05, 3.63) is 28.9 Å². The number of aromatic nitrogens is 3. The first-order chi connectivity index (χ1) is 9.02. The molecule has 2 heterocycles. The number of rotatable bonds is 6. The van der Waals surface area contributed by atoms with Crippen LogP contribution in [-0.4, -0.2) is 32.6 Å². The molecule has 6 heteroatoms. The molecular formula is C13H19BrN4O. The zero-order valence-corrected chi connectivity index (χ0v) is 12.8. The predicted octanol–water partition coefficient (Wildman–Crippen LogP) is 1.99. The summed E-state index contributed by atoms with van der Waals surface area (Å²) in [6.07, 6.45) is 6.31. The smallest absolute Gasteiger partial charge is 0.155 e. The first-order valence-electron chi connectivity index (χ1n) is 6.31. The number of aliphatic hydroxyl groups excluding tert-OH is 1. The lowest BCUT2D eigenvalue weighted by Crippen LogP contribution is -2.30. The summed E-state index contributed by atoms with van der Waals surface area (Å²) in [4.78, 5) is 8.46. The van der Waals surface area contributed by atoms with Gasteiger partial charge in [-0.1, -0.05) is 13.8 Å². The van der Waals surface area contributed by atoms with E-state index in [-0.39, 0.29) is 12.0 Å². The molecule has 0 atom stereocenters. The maximum absolute atomic E-state index is 9.00. The van der Waals surface area contributed by atoms with Crippen LogP contribution in [-0.2, 0) is 6.54 Å². The summed E-state index contributed by atoms with van der Waals surface area (Å²) in [7, 11) is 0. The molecule has 0 aliphatic rings. The number of nitrogens with zero attached hydrogens (tertiary/aromatic N) is 3. The molecule has 0 aliphatic heterocycles. The second kappa shape index (κ2) is 5.98. The Kier molecular flexibility index (Phi) is 4.54. The molecule has 0 bridgehead atoms. The zero-order valence-electron chi connectivity index (χ0n) is 11.2. The molecule has 2 aromatic rings. The third kappa shape index (κ3) is 3.75. The summed E-state index contributed by atoms with van der Waals surface area (Å²) in [6.45, 7) is 6.11. The van der Waals surface area contributed by atoms with Crippen LogP contribution in [0.3, 0.4) is 0 Å². The van der Waals surface area contributed by atoms with Gasteiger partial charge in [0.1, 0.15) is 4.60 Å². The van der Waals surface area contributed by atoms with Gasteiger partial charge in [0.25, 0.3) is 0 Å². The molecule has 5 nitrogen and oxygen atoms in total. The van der Waals surface area contributed by atoms with Crippen molar-refractivity contribution in [2.45, 2.75) is 26.8 Å². The molecule has 0 spiro atoms. The van der Waals surface area contributed by atoms with Crippen LogP contribution in [0.15, 0.2) is 23.2 Å². The summed E-state index contributed by atoms with van der Waals surface area (Å²) in [5, 5.41) is 12.4. The Morgan fingerprint density at radius 3 is 2.89 bits per heavy atom. The third-order valence-corrected chi connectivity index (χ3v) is 3.55. The van der Waals surface area contributed by atoms with Crippen molar-refractivity contribution in [1.82, 2.24) is 19.7 Å². The second-order valence-corrected chi connectivity index (χ2v) is 6.24. The third-order valence-electron chi connectivity index (χ3n) is 3.14. The largest absolute Gasteiger partial charge is 0.396 e. The number of fused-ring (bicyclic) bond motifs is 1. The van der Waals surface area contributed by atoms with Crippen LogP contribution in [0.5, 0.6) is 0 Å². The highest BCUT2D eigenvalue weighted by atomic mass is 79.9. The summed E-state index contributed by atoms with van der Waals surface area (Å²) >= 11 is 3.36. The van der Waals surface area contributed by atoms with Crippen molar-refractivity contribution in [3.8, 4) is 0 Å². The van der Waals surface area contributed by atoms with E-state index in [1.165, 1.54) is 0 Å². The molecule has 2 rings (SSSR count). The van der Waals surface area contributed by atoms with Crippen LogP contribution in [0, 0.1) is 5.41 Å². The van der Waals surface area contributed by atoms with Crippen molar-refractivity contribution in [1.29, 1.82) is 0 Å². The molecule has 0 saturated heterocycles. The lowest BCUT2D eigenvalue weighted by Gasteiger charge is -2.23. The molecule has 0 amide bonds. The standard InChI is InChI=1S/C13H19BrN4O/c1-13(2,3-4-19)9-15-5-10-6-17-12-7-16-11(14)8-18(10)12/h6-8,15,19H,3-5,9H2,1-2H3. The van der Waals surface area contributed by atoms with Gasteiger partial charge >= 0.3 is 0 Å². The molecule has 2 aromatic heterocycles. The van der Waals surface area contributed by atoms with Gasteiger partial charge in [0.15, 0.2) is 5.65 Å². The summed E-state index contributed by atoms with van der Waals surface area (Å²) in [5.41, 5.74) is 2.03. The maximum atomic E-state index is 9.00. The minimum absolute atomic E-state index is 0.0946. The molecular weight excluding hydrogens is 308 g/mol. The van der Waals surface area contributed by atoms with E-state index >= 15 is 0 Å². The van der Waals surface area contributed by atoms with Crippen molar-refractivity contribution in [3.63, 3.8) is 0 Å². The Bertz CT molecular complexity index is 553. The van der Waals surface area contributed by atoms with E-state index < -0.39 is 0 Å². The van der Waals surface area contributed by atoms with E-state index in [4.69, 9.17) is 5.11 Å². The zero-order chi connectivity index (χ0) is 13.9. The van der Waals surface area contributed by atoms with Gasteiger partial charge in [-0.05, 0) is 27.8 Å². The summed E-state index contributed by atoms with van der Waals surface area (Å²) < 4.78 is 2.81. The Morgan fingerprint density at radius 2 is 2.16 bits per heavy atom. The lowest BCUT2D eigenvalue weighted by atomic mass is 9.90. The van der Waals surface area contributed by atoms with E-state index in [9.17, 15) is 0 Å². The van der Waals surface area contributed by atoms with Crippen molar-refractivity contribution in [2.24, 2.45) is 5.41 Å². The van der Waals surface area contributed by atoms with Gasteiger partial charge < -0.3 is 10.4 Å². The highest BCUT2D eigenvalue weighted by molar-refractivity contribution is 9.10. The van der Waals surface area contributed by atoms with Crippen LogP contribution in [0.25, 0.3) is 5.65 Å². The molecule has 0 fully saturated rings. The molecule has 104 valence electrons. The minimum Gasteiger partial charge on any atom is -0.396 e. The van der Waals surface area contributed by atoms with Crippen LogP contribution in [0.4, 0.5) is 0 Å². The quantitative estimate of drug-likeness (QED) is 0.852. The van der Waals surface area contributed by atoms with E-state index in [2.05, 4.69) is 45.1 Å².